The average molecular weight is 431 g/mol. The summed E-state index contributed by atoms with van der Waals surface area (Å²) in [5.74, 6) is 1.66. The van der Waals surface area contributed by atoms with E-state index in [4.69, 9.17) is 0 Å². The Bertz CT molecular complexity index is 906. The van der Waals surface area contributed by atoms with Crippen molar-refractivity contribution in [3.05, 3.63) is 72.3 Å². The van der Waals surface area contributed by atoms with Crippen LogP contribution in [0.5, 0.6) is 0 Å². The second-order valence-electron chi connectivity index (χ2n) is 8.43. The lowest BCUT2D eigenvalue weighted by molar-refractivity contribution is 0.0320. The lowest BCUT2D eigenvalue weighted by Crippen LogP contribution is -2.56. The number of anilines is 2. The van der Waals surface area contributed by atoms with Crippen molar-refractivity contribution in [2.75, 3.05) is 62.2 Å². The monoisotopic (exact) mass is 430 g/mol. The predicted molar refractivity (Wildman–Crippen MR) is 126 cm³/mol. The second kappa shape index (κ2) is 9.58. The molecule has 1 aromatic carbocycles. The Labute approximate surface area is 189 Å². The first-order chi connectivity index (χ1) is 15.8. The molecule has 0 bridgehead atoms. The van der Waals surface area contributed by atoms with Gasteiger partial charge in [-0.05, 0) is 24.6 Å². The topological polar surface area (TPSA) is 64.5 Å². The third kappa shape index (κ3) is 4.56. The molecule has 166 valence electrons. The van der Waals surface area contributed by atoms with Gasteiger partial charge in [0.2, 0.25) is 11.9 Å². The fraction of sp³-hybridized carbons (Fsp3) is 0.417. The molecule has 0 unspecified atom stereocenters. The molecule has 3 aromatic rings. The Morgan fingerprint density at radius 1 is 0.594 bits per heavy atom. The molecule has 0 N–H and O–H groups in total. The maximum absolute atomic E-state index is 4.44. The van der Waals surface area contributed by atoms with Crippen molar-refractivity contribution in [3.63, 3.8) is 0 Å². The molecule has 2 aromatic heterocycles. The first-order valence-corrected chi connectivity index (χ1v) is 11.4. The van der Waals surface area contributed by atoms with Gasteiger partial charge in [0.15, 0.2) is 0 Å². The van der Waals surface area contributed by atoms with Gasteiger partial charge in [-0.25, -0.2) is 19.9 Å². The number of hydrogen-bond donors (Lipinski definition) is 0. The van der Waals surface area contributed by atoms with Gasteiger partial charge >= 0.3 is 0 Å². The Morgan fingerprint density at radius 3 is 1.41 bits per heavy atom. The summed E-state index contributed by atoms with van der Waals surface area (Å²) in [6.45, 7) is 9.83. The van der Waals surface area contributed by atoms with Crippen LogP contribution in [-0.4, -0.2) is 82.1 Å². The number of piperazine rings is 2. The van der Waals surface area contributed by atoms with Gasteiger partial charge in [-0.1, -0.05) is 29.8 Å². The number of aryl methyl sites for hydroxylation is 1. The van der Waals surface area contributed by atoms with Gasteiger partial charge in [-0.3, -0.25) is 9.80 Å². The van der Waals surface area contributed by atoms with Crippen molar-refractivity contribution < 1.29 is 0 Å². The molecule has 0 spiro atoms. The molecule has 2 fully saturated rings. The van der Waals surface area contributed by atoms with Crippen LogP contribution in [0.1, 0.15) is 17.3 Å². The summed E-state index contributed by atoms with van der Waals surface area (Å²) in [5.41, 5.74) is 2.66. The van der Waals surface area contributed by atoms with Gasteiger partial charge < -0.3 is 9.80 Å². The minimum absolute atomic E-state index is 0.272. The van der Waals surface area contributed by atoms with E-state index in [0.717, 1.165) is 64.3 Å². The van der Waals surface area contributed by atoms with Gasteiger partial charge in [0, 0.05) is 77.1 Å². The highest BCUT2D eigenvalue weighted by molar-refractivity contribution is 5.31. The molecule has 0 amide bonds. The van der Waals surface area contributed by atoms with Gasteiger partial charge in [-0.15, -0.1) is 0 Å². The molecule has 32 heavy (non-hydrogen) atoms. The van der Waals surface area contributed by atoms with Crippen LogP contribution in [0.3, 0.4) is 0 Å². The molecule has 0 atom stereocenters. The third-order valence-corrected chi connectivity index (χ3v) is 6.37. The van der Waals surface area contributed by atoms with Crippen molar-refractivity contribution in [3.8, 4) is 0 Å². The van der Waals surface area contributed by atoms with Gasteiger partial charge in [-0.2, -0.15) is 0 Å². The summed E-state index contributed by atoms with van der Waals surface area (Å²) in [5, 5.41) is 0. The normalized spacial score (nSPS) is 18.3. The van der Waals surface area contributed by atoms with E-state index < -0.39 is 0 Å². The van der Waals surface area contributed by atoms with E-state index in [9.17, 15) is 0 Å². The molecule has 8 nitrogen and oxygen atoms in total. The van der Waals surface area contributed by atoms with Crippen LogP contribution in [-0.2, 0) is 0 Å². The van der Waals surface area contributed by atoms with Crippen molar-refractivity contribution in [1.82, 2.24) is 29.7 Å². The number of hydrogen-bond acceptors (Lipinski definition) is 8. The minimum atomic E-state index is 0.272. The fourth-order valence-electron chi connectivity index (χ4n) is 4.63. The van der Waals surface area contributed by atoms with Crippen LogP contribution >= 0.6 is 0 Å². The standard InChI is InChI=1S/C24H30N8/c1-20-4-6-21(7-5-20)22(29-12-16-31(17-13-29)23-25-8-2-9-26-23)30-14-18-32(19-15-30)24-27-10-3-11-28-24/h2-11,22H,12-19H2,1H3. The van der Waals surface area contributed by atoms with Crippen molar-refractivity contribution in [2.45, 2.75) is 13.1 Å². The smallest absolute Gasteiger partial charge is 0.225 e. The maximum atomic E-state index is 4.44. The average Bonchev–Trinajstić information content (AvgIpc) is 2.87. The van der Waals surface area contributed by atoms with E-state index in [1.165, 1.54) is 11.1 Å². The lowest BCUT2D eigenvalue weighted by atomic mass is 10.1. The van der Waals surface area contributed by atoms with Crippen LogP contribution in [0, 0.1) is 6.92 Å². The largest absolute Gasteiger partial charge is 0.338 e. The zero-order valence-corrected chi connectivity index (χ0v) is 18.6. The summed E-state index contributed by atoms with van der Waals surface area (Å²) in [6, 6.07) is 12.8. The zero-order chi connectivity index (χ0) is 21.8. The van der Waals surface area contributed by atoms with E-state index in [0.29, 0.717) is 0 Å². The molecule has 8 heteroatoms. The van der Waals surface area contributed by atoms with Crippen LogP contribution in [0.25, 0.3) is 0 Å². The first-order valence-electron chi connectivity index (χ1n) is 11.4. The minimum Gasteiger partial charge on any atom is -0.338 e. The number of benzene rings is 1. The molecule has 4 heterocycles. The first kappa shape index (κ1) is 20.8. The quantitative estimate of drug-likeness (QED) is 0.611. The van der Waals surface area contributed by atoms with E-state index in [1.807, 2.05) is 36.9 Å². The molecule has 2 aliphatic heterocycles. The van der Waals surface area contributed by atoms with Gasteiger partial charge in [0.25, 0.3) is 0 Å². The van der Waals surface area contributed by atoms with Crippen LogP contribution in [0.4, 0.5) is 11.9 Å². The molecular weight excluding hydrogens is 400 g/mol. The number of aromatic nitrogens is 4. The highest BCUT2D eigenvalue weighted by Crippen LogP contribution is 2.29. The van der Waals surface area contributed by atoms with E-state index in [2.05, 4.69) is 70.7 Å². The van der Waals surface area contributed by atoms with Gasteiger partial charge in [0.1, 0.15) is 0 Å². The fourth-order valence-corrected chi connectivity index (χ4v) is 4.63. The van der Waals surface area contributed by atoms with E-state index in [1.54, 1.807) is 0 Å². The van der Waals surface area contributed by atoms with Gasteiger partial charge in [0.05, 0.1) is 6.17 Å². The SMILES string of the molecule is Cc1ccc(C(N2CCN(c3ncccn3)CC2)N2CCN(c3ncccn3)CC2)cc1. The summed E-state index contributed by atoms with van der Waals surface area (Å²) in [7, 11) is 0. The van der Waals surface area contributed by atoms with Crippen molar-refractivity contribution in [1.29, 1.82) is 0 Å². The Balaban J connectivity index is 1.30. The zero-order valence-electron chi connectivity index (χ0n) is 18.6. The number of nitrogens with zero attached hydrogens (tertiary/aromatic N) is 8. The Hall–Kier alpha value is -3.10. The van der Waals surface area contributed by atoms with Crippen molar-refractivity contribution >= 4 is 11.9 Å². The molecule has 0 aliphatic carbocycles. The molecule has 2 saturated heterocycles. The Kier molecular flexibility index (Phi) is 6.22. The molecule has 0 saturated carbocycles. The highest BCUT2D eigenvalue weighted by Gasteiger charge is 2.32. The number of rotatable bonds is 5. The van der Waals surface area contributed by atoms with Crippen LogP contribution < -0.4 is 9.80 Å². The molecule has 5 rings (SSSR count). The van der Waals surface area contributed by atoms with E-state index in [-0.39, 0.29) is 6.17 Å². The molecular formula is C24H30N8. The maximum Gasteiger partial charge on any atom is 0.225 e. The van der Waals surface area contributed by atoms with E-state index >= 15 is 0 Å². The van der Waals surface area contributed by atoms with Crippen LogP contribution in [0.15, 0.2) is 61.2 Å². The molecule has 2 aliphatic rings. The third-order valence-electron chi connectivity index (χ3n) is 6.37. The highest BCUT2D eigenvalue weighted by atomic mass is 15.4. The summed E-state index contributed by atoms with van der Waals surface area (Å²) < 4.78 is 0. The summed E-state index contributed by atoms with van der Waals surface area (Å²) >= 11 is 0. The second-order valence-corrected chi connectivity index (χ2v) is 8.43. The lowest BCUT2D eigenvalue weighted by Gasteiger charge is -2.46. The predicted octanol–water partition coefficient (Wildman–Crippen LogP) is 2.22. The molecule has 0 radical (unpaired) electrons. The summed E-state index contributed by atoms with van der Waals surface area (Å²) in [4.78, 5) is 27.5. The van der Waals surface area contributed by atoms with Crippen molar-refractivity contribution in [2.24, 2.45) is 0 Å². The Morgan fingerprint density at radius 2 is 1.00 bits per heavy atom. The van der Waals surface area contributed by atoms with Crippen LogP contribution in [0.2, 0.25) is 0 Å². The summed E-state index contributed by atoms with van der Waals surface area (Å²) in [6.07, 6.45) is 7.55.